The molecule has 1 N–H and O–H groups in total. The molecule has 4 rings (SSSR count). The fourth-order valence-electron chi connectivity index (χ4n) is 4.43. The van der Waals surface area contributed by atoms with Crippen molar-refractivity contribution in [2.45, 2.75) is 64.1 Å². The van der Waals surface area contributed by atoms with Gasteiger partial charge in [-0.25, -0.2) is 10.4 Å². The lowest BCUT2D eigenvalue weighted by atomic mass is 9.70. The number of carbonyl (C=O) groups excluding carboxylic acids is 1. The van der Waals surface area contributed by atoms with Crippen LogP contribution >= 0.6 is 11.8 Å². The van der Waals surface area contributed by atoms with Crippen LogP contribution in [0.3, 0.4) is 0 Å². The van der Waals surface area contributed by atoms with E-state index >= 15 is 0 Å². The number of nitrogens with zero attached hydrogens (tertiary/aromatic N) is 3. The molecule has 3 aliphatic rings. The summed E-state index contributed by atoms with van der Waals surface area (Å²) in [5.74, 6) is 1.03. The van der Waals surface area contributed by atoms with Crippen LogP contribution in [0.1, 0.15) is 58.9 Å². The summed E-state index contributed by atoms with van der Waals surface area (Å²) in [6.45, 7) is 7.01. The second-order valence-electron chi connectivity index (χ2n) is 8.22. The van der Waals surface area contributed by atoms with Crippen LogP contribution in [0.4, 0.5) is 0 Å². The zero-order chi connectivity index (χ0) is 16.9. The molecule has 2 atom stereocenters. The summed E-state index contributed by atoms with van der Waals surface area (Å²) in [7, 11) is 0. The van der Waals surface area contributed by atoms with Crippen LogP contribution in [0, 0.1) is 16.7 Å². The van der Waals surface area contributed by atoms with Crippen LogP contribution in [0.2, 0.25) is 0 Å². The molecule has 0 aromatic carbocycles. The smallest absolute Gasteiger partial charge is 0.250 e. The number of fused-ring (bicyclic) bond motifs is 2. The van der Waals surface area contributed by atoms with Gasteiger partial charge in [-0.05, 0) is 43.4 Å². The maximum atomic E-state index is 12.2. The first-order valence-electron chi connectivity index (χ1n) is 8.93. The summed E-state index contributed by atoms with van der Waals surface area (Å²) in [6.07, 6.45) is 9.78. The van der Waals surface area contributed by atoms with Gasteiger partial charge in [0.05, 0.1) is 5.75 Å². The van der Waals surface area contributed by atoms with E-state index in [9.17, 15) is 4.79 Å². The van der Waals surface area contributed by atoms with Crippen molar-refractivity contribution < 1.29 is 4.79 Å². The Balaban J connectivity index is 1.35. The fourth-order valence-corrected chi connectivity index (χ4v) is 5.25. The first kappa shape index (κ1) is 16.2. The van der Waals surface area contributed by atoms with Gasteiger partial charge in [0.15, 0.2) is 5.16 Å². The highest BCUT2D eigenvalue weighted by Gasteiger charge is 2.60. The van der Waals surface area contributed by atoms with Crippen LogP contribution in [0.5, 0.6) is 0 Å². The second kappa shape index (κ2) is 5.61. The Kier molecular flexibility index (Phi) is 3.79. The molecular weight excluding hydrogens is 320 g/mol. The van der Waals surface area contributed by atoms with E-state index in [2.05, 4.69) is 40.8 Å². The van der Waals surface area contributed by atoms with E-state index < -0.39 is 0 Å². The predicted octanol–water partition coefficient (Wildman–Crippen LogP) is 3.63. The van der Waals surface area contributed by atoms with Gasteiger partial charge in [-0.15, -0.1) is 0 Å². The summed E-state index contributed by atoms with van der Waals surface area (Å²) in [5.41, 5.74) is 4.40. The third-order valence-electron chi connectivity index (χ3n) is 6.73. The molecule has 1 heterocycles. The van der Waals surface area contributed by atoms with Crippen LogP contribution < -0.4 is 5.43 Å². The van der Waals surface area contributed by atoms with Crippen LogP contribution in [-0.2, 0) is 4.79 Å². The van der Waals surface area contributed by atoms with Gasteiger partial charge < -0.3 is 4.57 Å². The highest BCUT2D eigenvalue weighted by Crippen LogP contribution is 2.63. The average Bonchev–Trinajstić information content (AvgIpc) is 3.20. The van der Waals surface area contributed by atoms with E-state index in [-0.39, 0.29) is 11.3 Å². The van der Waals surface area contributed by atoms with Crippen molar-refractivity contribution in [3.63, 3.8) is 0 Å². The molecule has 2 unspecified atom stereocenters. The molecule has 3 fully saturated rings. The maximum absolute atomic E-state index is 12.2. The lowest BCUT2D eigenvalue weighted by Gasteiger charge is -2.34. The number of hydrogen-bond acceptors (Lipinski definition) is 4. The molecule has 130 valence electrons. The molecule has 24 heavy (non-hydrogen) atoms. The summed E-state index contributed by atoms with van der Waals surface area (Å²) in [5, 5.41) is 5.46. The van der Waals surface area contributed by atoms with Crippen molar-refractivity contribution in [2.75, 3.05) is 5.75 Å². The number of amides is 1. The van der Waals surface area contributed by atoms with Crippen LogP contribution in [-0.4, -0.2) is 26.9 Å². The van der Waals surface area contributed by atoms with Gasteiger partial charge in [0.2, 0.25) is 0 Å². The van der Waals surface area contributed by atoms with Gasteiger partial charge in [-0.3, -0.25) is 4.79 Å². The number of nitrogens with one attached hydrogen (secondary N) is 1. The highest BCUT2D eigenvalue weighted by atomic mass is 32.2. The zero-order valence-corrected chi connectivity index (χ0v) is 15.5. The van der Waals surface area contributed by atoms with E-state index in [1.807, 2.05) is 12.4 Å². The first-order valence-corrected chi connectivity index (χ1v) is 9.92. The molecule has 0 spiro atoms. The molecule has 6 heteroatoms. The Morgan fingerprint density at radius 1 is 1.42 bits per heavy atom. The number of rotatable bonds is 5. The standard InChI is InChI=1S/C18H26N4OS/c1-17(2)12-6-7-18(17,3)14(10-12)20-21-15(23)11-24-16-19-8-9-22(16)13-4-5-13/h8-9,12-13H,4-7,10-11H2,1-3H3,(H,21,23)/b20-14+. The Morgan fingerprint density at radius 2 is 2.21 bits per heavy atom. The molecule has 1 amide bonds. The lowest BCUT2D eigenvalue weighted by Crippen LogP contribution is -2.34. The Labute approximate surface area is 147 Å². The van der Waals surface area contributed by atoms with Crippen molar-refractivity contribution in [1.29, 1.82) is 0 Å². The highest BCUT2D eigenvalue weighted by molar-refractivity contribution is 7.99. The van der Waals surface area contributed by atoms with Gasteiger partial charge in [-0.1, -0.05) is 32.5 Å². The van der Waals surface area contributed by atoms with Gasteiger partial charge in [0.25, 0.3) is 5.91 Å². The summed E-state index contributed by atoms with van der Waals surface area (Å²) in [6, 6.07) is 0.592. The van der Waals surface area contributed by atoms with Crippen molar-refractivity contribution in [3.8, 4) is 0 Å². The predicted molar refractivity (Wildman–Crippen MR) is 96.0 cm³/mol. The van der Waals surface area contributed by atoms with Gasteiger partial charge in [0.1, 0.15) is 0 Å². The monoisotopic (exact) mass is 346 g/mol. The quantitative estimate of drug-likeness (QED) is 0.654. The normalized spacial score (nSPS) is 32.5. The summed E-state index contributed by atoms with van der Waals surface area (Å²) >= 11 is 1.50. The number of aromatic nitrogens is 2. The topological polar surface area (TPSA) is 59.3 Å². The van der Waals surface area contributed by atoms with Crippen molar-refractivity contribution in [2.24, 2.45) is 21.8 Å². The third kappa shape index (κ3) is 2.50. The van der Waals surface area contributed by atoms with E-state index in [1.165, 1.54) is 43.2 Å². The van der Waals surface area contributed by atoms with E-state index in [1.54, 1.807) is 0 Å². The molecule has 0 aliphatic heterocycles. The average molecular weight is 347 g/mol. The maximum Gasteiger partial charge on any atom is 0.250 e. The van der Waals surface area contributed by atoms with E-state index in [0.717, 1.165) is 11.6 Å². The number of carbonyl (C=O) groups is 1. The third-order valence-corrected chi connectivity index (χ3v) is 7.71. The minimum Gasteiger partial charge on any atom is -0.323 e. The minimum absolute atomic E-state index is 0.0398. The molecule has 3 saturated carbocycles. The Bertz CT molecular complexity index is 691. The SMILES string of the molecule is CC12CCC(C/C1=N\NC(=O)CSc1nccn1C1CC1)C2(C)C. The van der Waals surface area contributed by atoms with Crippen LogP contribution in [0.15, 0.2) is 22.7 Å². The number of thioether (sulfide) groups is 1. The van der Waals surface area contributed by atoms with Crippen molar-refractivity contribution >= 4 is 23.4 Å². The number of hydrogen-bond donors (Lipinski definition) is 1. The molecule has 1 aromatic rings. The second-order valence-corrected chi connectivity index (χ2v) is 9.17. The van der Waals surface area contributed by atoms with E-state index in [4.69, 9.17) is 0 Å². The molecule has 2 bridgehead atoms. The fraction of sp³-hybridized carbons (Fsp3) is 0.722. The van der Waals surface area contributed by atoms with Crippen molar-refractivity contribution in [1.82, 2.24) is 15.0 Å². The number of imidazole rings is 1. The van der Waals surface area contributed by atoms with E-state index in [0.29, 0.717) is 23.1 Å². The zero-order valence-electron chi connectivity index (χ0n) is 14.7. The molecular formula is C18H26N4OS. The molecule has 5 nitrogen and oxygen atoms in total. The largest absolute Gasteiger partial charge is 0.323 e. The Hall–Kier alpha value is -1.30. The molecule has 0 saturated heterocycles. The van der Waals surface area contributed by atoms with Gasteiger partial charge >= 0.3 is 0 Å². The molecule has 0 radical (unpaired) electrons. The summed E-state index contributed by atoms with van der Waals surface area (Å²) < 4.78 is 2.18. The Morgan fingerprint density at radius 3 is 2.83 bits per heavy atom. The summed E-state index contributed by atoms with van der Waals surface area (Å²) in [4.78, 5) is 16.5. The van der Waals surface area contributed by atoms with Crippen LogP contribution in [0.25, 0.3) is 0 Å². The molecule has 1 aromatic heterocycles. The molecule has 3 aliphatic carbocycles. The first-order chi connectivity index (χ1) is 11.4. The number of hydrazone groups is 1. The van der Waals surface area contributed by atoms with Gasteiger partial charge in [-0.2, -0.15) is 5.10 Å². The van der Waals surface area contributed by atoms with Gasteiger partial charge in [0, 0.05) is 29.6 Å². The van der Waals surface area contributed by atoms with Crippen molar-refractivity contribution in [3.05, 3.63) is 12.4 Å². The minimum atomic E-state index is -0.0398. The lowest BCUT2D eigenvalue weighted by molar-refractivity contribution is -0.118.